The van der Waals surface area contributed by atoms with E-state index in [0.717, 1.165) is 11.3 Å². The Bertz CT molecular complexity index is 1190. The van der Waals surface area contributed by atoms with Gasteiger partial charge in [0.15, 0.2) is 0 Å². The Morgan fingerprint density at radius 2 is 2.12 bits per heavy atom. The minimum absolute atomic E-state index is 0.0477. The van der Waals surface area contributed by atoms with E-state index in [-0.39, 0.29) is 34.4 Å². The second-order valence-electron chi connectivity index (χ2n) is 6.97. The van der Waals surface area contributed by atoms with Crippen LogP contribution in [0.1, 0.15) is 28.5 Å². The van der Waals surface area contributed by atoms with E-state index in [1.165, 1.54) is 18.2 Å². The van der Waals surface area contributed by atoms with Crippen molar-refractivity contribution in [1.29, 1.82) is 5.26 Å². The Morgan fingerprint density at radius 1 is 1.41 bits per heavy atom. The third-order valence-electron chi connectivity index (χ3n) is 4.66. The molecule has 32 heavy (non-hydrogen) atoms. The summed E-state index contributed by atoms with van der Waals surface area (Å²) < 4.78 is 31.5. The average molecular weight is 498 g/mol. The highest BCUT2D eigenvalue weighted by molar-refractivity contribution is 7.92. The van der Waals surface area contributed by atoms with Gasteiger partial charge in [-0.3, -0.25) is 0 Å². The number of anilines is 1. The number of aromatic nitrogens is 1. The molecule has 0 radical (unpaired) electrons. The first-order valence-corrected chi connectivity index (χ1v) is 12.2. The Balaban J connectivity index is 1.54. The highest BCUT2D eigenvalue weighted by Crippen LogP contribution is 2.27. The molecule has 1 fully saturated rings. The molecule has 0 spiro atoms. The highest BCUT2D eigenvalue weighted by Gasteiger charge is 2.30. The van der Waals surface area contributed by atoms with Crippen molar-refractivity contribution in [2.45, 2.75) is 18.1 Å². The number of hydrogen-bond donors (Lipinski definition) is 2. The van der Waals surface area contributed by atoms with Crippen LogP contribution in [0.5, 0.6) is 0 Å². The maximum absolute atomic E-state index is 12.1. The Hall–Kier alpha value is -2.88. The van der Waals surface area contributed by atoms with Gasteiger partial charge in [0.1, 0.15) is 16.1 Å². The molecule has 2 aromatic heterocycles. The van der Waals surface area contributed by atoms with Crippen molar-refractivity contribution in [2.24, 2.45) is 5.92 Å². The number of sulfonamides is 1. The van der Waals surface area contributed by atoms with Gasteiger partial charge in [-0.25, -0.2) is 27.7 Å². The lowest BCUT2D eigenvalue weighted by Crippen LogP contribution is -2.53. The lowest BCUT2D eigenvalue weighted by atomic mass is 9.99. The van der Waals surface area contributed by atoms with Crippen LogP contribution in [0.15, 0.2) is 22.4 Å². The van der Waals surface area contributed by atoms with Crippen LogP contribution in [0.2, 0.25) is 4.34 Å². The van der Waals surface area contributed by atoms with Crippen LogP contribution in [0.3, 0.4) is 0 Å². The number of nitrogens with zero attached hydrogens (tertiary/aromatic N) is 3. The number of nitrogens with one attached hydrogen (secondary N) is 2. The van der Waals surface area contributed by atoms with E-state index in [2.05, 4.69) is 10.3 Å². The maximum Gasteiger partial charge on any atom is 0.341 e. The molecule has 0 saturated carbocycles. The minimum Gasteiger partial charge on any atom is -0.462 e. The van der Waals surface area contributed by atoms with E-state index in [1.54, 1.807) is 13.8 Å². The maximum atomic E-state index is 12.1. The molecular formula is C19H20ClN5O5S2. The van der Waals surface area contributed by atoms with Crippen LogP contribution in [0.4, 0.5) is 10.6 Å². The number of amides is 2. The number of pyridine rings is 1. The summed E-state index contributed by atoms with van der Waals surface area (Å²) in [6, 6.07) is 5.48. The third kappa shape index (κ3) is 5.29. The van der Waals surface area contributed by atoms with Crippen molar-refractivity contribution < 1.29 is 22.7 Å². The van der Waals surface area contributed by atoms with Gasteiger partial charge in [0, 0.05) is 25.6 Å². The molecule has 1 aliphatic heterocycles. The van der Waals surface area contributed by atoms with Gasteiger partial charge in [0.05, 0.1) is 27.8 Å². The van der Waals surface area contributed by atoms with E-state index in [4.69, 9.17) is 16.3 Å². The molecule has 10 nitrogen and oxygen atoms in total. The van der Waals surface area contributed by atoms with Gasteiger partial charge in [-0.05, 0) is 32.0 Å². The van der Waals surface area contributed by atoms with Crippen molar-refractivity contribution in [1.82, 2.24) is 15.0 Å². The summed E-state index contributed by atoms with van der Waals surface area (Å²) in [6.07, 6.45) is 0. The number of carbonyl (C=O) groups is 2. The van der Waals surface area contributed by atoms with Gasteiger partial charge in [-0.2, -0.15) is 5.26 Å². The standard InChI is InChI=1S/C19H20ClN5O5S2/c1-3-30-18(26)17-11(2)23-15(6-13(17)7-21)25-9-12(10-25)8-22-19(27)24-32(28,29)16-5-4-14(20)31-16/h4-6,12H,3,8-10H2,1-2H3,(H2,22,24,27). The zero-order valence-electron chi connectivity index (χ0n) is 17.2. The molecule has 1 saturated heterocycles. The van der Waals surface area contributed by atoms with Gasteiger partial charge < -0.3 is 15.0 Å². The first kappa shape index (κ1) is 23.8. The van der Waals surface area contributed by atoms with Gasteiger partial charge in [-0.1, -0.05) is 11.6 Å². The summed E-state index contributed by atoms with van der Waals surface area (Å²) >= 11 is 6.59. The topological polar surface area (TPSA) is 141 Å². The fourth-order valence-corrected chi connectivity index (χ4v) is 5.55. The predicted molar refractivity (Wildman–Crippen MR) is 118 cm³/mol. The number of rotatable bonds is 7. The highest BCUT2D eigenvalue weighted by atomic mass is 35.5. The van der Waals surface area contributed by atoms with Gasteiger partial charge in [0.2, 0.25) is 0 Å². The summed E-state index contributed by atoms with van der Waals surface area (Å²) in [5.41, 5.74) is 0.741. The number of halogens is 1. The smallest absolute Gasteiger partial charge is 0.341 e. The van der Waals surface area contributed by atoms with Gasteiger partial charge in [-0.15, -0.1) is 11.3 Å². The summed E-state index contributed by atoms with van der Waals surface area (Å²) in [6.45, 7) is 4.87. The van der Waals surface area contributed by atoms with Gasteiger partial charge >= 0.3 is 12.0 Å². The molecule has 3 rings (SSSR count). The summed E-state index contributed by atoms with van der Waals surface area (Å²) in [5.74, 6) is 0.0269. The van der Waals surface area contributed by atoms with Crippen molar-refractivity contribution in [3.63, 3.8) is 0 Å². The third-order valence-corrected chi connectivity index (χ3v) is 7.71. The SMILES string of the molecule is CCOC(=O)c1c(C#N)cc(N2CC(CNC(=O)NS(=O)(=O)c3ccc(Cl)s3)C2)nc1C. The molecular weight excluding hydrogens is 478 g/mol. The number of ether oxygens (including phenoxy) is 1. The Morgan fingerprint density at radius 3 is 2.72 bits per heavy atom. The molecule has 0 aromatic carbocycles. The molecule has 2 amide bonds. The van der Waals surface area contributed by atoms with Gasteiger partial charge in [0.25, 0.3) is 10.0 Å². The Labute approximate surface area is 194 Å². The molecule has 2 aromatic rings. The zero-order chi connectivity index (χ0) is 23.5. The van der Waals surface area contributed by atoms with Crippen molar-refractivity contribution in [3.05, 3.63) is 39.4 Å². The molecule has 0 aliphatic carbocycles. The van der Waals surface area contributed by atoms with Crippen LogP contribution in [0.25, 0.3) is 0 Å². The van der Waals surface area contributed by atoms with Crippen molar-refractivity contribution >= 4 is 50.8 Å². The largest absolute Gasteiger partial charge is 0.462 e. The predicted octanol–water partition coefficient (Wildman–Crippen LogP) is 2.28. The van der Waals surface area contributed by atoms with Crippen LogP contribution in [0, 0.1) is 24.2 Å². The lowest BCUT2D eigenvalue weighted by molar-refractivity contribution is 0.0524. The quantitative estimate of drug-likeness (QED) is 0.555. The number of thiophene rings is 1. The molecule has 13 heteroatoms. The first-order chi connectivity index (χ1) is 15.1. The number of urea groups is 1. The van der Waals surface area contributed by atoms with E-state index in [9.17, 15) is 23.3 Å². The van der Waals surface area contributed by atoms with E-state index < -0.39 is 22.0 Å². The number of nitriles is 1. The fourth-order valence-electron chi connectivity index (χ4n) is 3.14. The summed E-state index contributed by atoms with van der Waals surface area (Å²) in [4.78, 5) is 30.4. The normalized spacial score (nSPS) is 13.8. The van der Waals surface area contributed by atoms with E-state index >= 15 is 0 Å². The lowest BCUT2D eigenvalue weighted by Gasteiger charge is -2.40. The summed E-state index contributed by atoms with van der Waals surface area (Å²) in [7, 11) is -3.97. The average Bonchev–Trinajstić information content (AvgIpc) is 3.13. The van der Waals surface area contributed by atoms with E-state index in [0.29, 0.717) is 28.9 Å². The van der Waals surface area contributed by atoms with Crippen LogP contribution in [-0.2, 0) is 14.8 Å². The number of carbonyl (C=O) groups excluding carboxylic acids is 2. The zero-order valence-corrected chi connectivity index (χ0v) is 19.6. The molecule has 3 heterocycles. The number of esters is 1. The van der Waals surface area contributed by atoms with Crippen LogP contribution in [-0.4, -0.2) is 51.6 Å². The molecule has 0 unspecified atom stereocenters. The fraction of sp³-hybridized carbons (Fsp3) is 0.368. The number of hydrogen-bond acceptors (Lipinski definition) is 9. The molecule has 2 N–H and O–H groups in total. The Kier molecular flexibility index (Phi) is 7.22. The van der Waals surface area contributed by atoms with E-state index in [1.807, 2.05) is 15.7 Å². The minimum atomic E-state index is -3.97. The van der Waals surface area contributed by atoms with Crippen molar-refractivity contribution in [3.8, 4) is 6.07 Å². The second-order valence-corrected chi connectivity index (χ2v) is 10.6. The monoisotopic (exact) mass is 497 g/mol. The van der Waals surface area contributed by atoms with Crippen LogP contribution >= 0.6 is 22.9 Å². The van der Waals surface area contributed by atoms with Crippen molar-refractivity contribution in [2.75, 3.05) is 31.1 Å². The molecule has 0 bridgehead atoms. The summed E-state index contributed by atoms with van der Waals surface area (Å²) in [5, 5.41) is 12.0. The molecule has 170 valence electrons. The first-order valence-electron chi connectivity index (χ1n) is 9.54. The van der Waals surface area contributed by atoms with Crippen LogP contribution < -0.4 is 14.9 Å². The molecule has 1 aliphatic rings. The number of aryl methyl sites for hydroxylation is 1. The second kappa shape index (κ2) is 9.72. The molecule has 0 atom stereocenters.